The van der Waals surface area contributed by atoms with Crippen LogP contribution in [0.15, 0.2) is 11.6 Å². The summed E-state index contributed by atoms with van der Waals surface area (Å²) in [6.07, 6.45) is 6.00. The van der Waals surface area contributed by atoms with Gasteiger partial charge in [0.25, 0.3) is 0 Å². The number of ketones is 1. The van der Waals surface area contributed by atoms with E-state index < -0.39 is 0 Å². The van der Waals surface area contributed by atoms with Crippen LogP contribution in [0.3, 0.4) is 0 Å². The lowest BCUT2D eigenvalue weighted by molar-refractivity contribution is -0.119. The van der Waals surface area contributed by atoms with Crippen molar-refractivity contribution in [1.29, 1.82) is 0 Å². The third-order valence-electron chi connectivity index (χ3n) is 5.08. The molecule has 17 heavy (non-hydrogen) atoms. The van der Waals surface area contributed by atoms with Crippen LogP contribution < -0.4 is 0 Å². The Bertz CT molecular complexity index is 345. The number of rotatable bonds is 2. The van der Waals surface area contributed by atoms with E-state index in [1.165, 1.54) is 5.57 Å². The molecule has 0 bridgehead atoms. The van der Waals surface area contributed by atoms with Crippen molar-refractivity contribution in [3.63, 3.8) is 0 Å². The molecular weight excluding hydrogens is 212 g/mol. The Labute approximate surface area is 104 Å². The quantitative estimate of drug-likeness (QED) is 0.800. The third kappa shape index (κ3) is 2.33. The number of carbonyl (C=O) groups excluding carboxylic acids is 1. The standard InChI is InChI=1S/C15H24O2/c1-10-6-13(17)8-15(3)5-4-12(7-14(10)15)11(2)9-16/h6,11-12,14,16H,4-5,7-9H2,1-3H3. The predicted molar refractivity (Wildman–Crippen MR) is 68.6 cm³/mol. The molecular formula is C15H24O2. The van der Waals surface area contributed by atoms with Crippen LogP contribution in [0.2, 0.25) is 0 Å². The molecule has 0 amide bonds. The maximum atomic E-state index is 11.7. The molecule has 0 spiro atoms. The molecule has 1 fully saturated rings. The molecule has 0 aromatic rings. The molecule has 2 rings (SSSR count). The maximum Gasteiger partial charge on any atom is 0.156 e. The minimum absolute atomic E-state index is 0.182. The molecule has 2 heteroatoms. The average Bonchev–Trinajstić information content (AvgIpc) is 2.26. The highest BCUT2D eigenvalue weighted by Crippen LogP contribution is 2.52. The van der Waals surface area contributed by atoms with Crippen LogP contribution in [-0.4, -0.2) is 17.5 Å². The summed E-state index contributed by atoms with van der Waals surface area (Å²) in [6, 6.07) is 0. The molecule has 4 unspecified atom stereocenters. The first kappa shape index (κ1) is 12.8. The Hall–Kier alpha value is -0.630. The number of aliphatic hydroxyl groups is 1. The normalized spacial score (nSPS) is 39.5. The van der Waals surface area contributed by atoms with E-state index >= 15 is 0 Å². The number of allylic oxidation sites excluding steroid dienone is 2. The Morgan fingerprint density at radius 2 is 2.29 bits per heavy atom. The lowest BCUT2D eigenvalue weighted by atomic mass is 9.56. The van der Waals surface area contributed by atoms with Gasteiger partial charge in [-0.25, -0.2) is 0 Å². The summed E-state index contributed by atoms with van der Waals surface area (Å²) in [4.78, 5) is 11.7. The van der Waals surface area contributed by atoms with Crippen molar-refractivity contribution in [1.82, 2.24) is 0 Å². The molecule has 2 aliphatic carbocycles. The SMILES string of the molecule is CC1=CC(=O)CC2(C)CCC(C(C)CO)CC12. The second-order valence-corrected chi connectivity index (χ2v) is 6.43. The van der Waals surface area contributed by atoms with Crippen molar-refractivity contribution >= 4 is 5.78 Å². The average molecular weight is 236 g/mol. The van der Waals surface area contributed by atoms with Gasteiger partial charge in [0.1, 0.15) is 0 Å². The molecule has 0 heterocycles. The zero-order valence-corrected chi connectivity index (χ0v) is 11.2. The second kappa shape index (κ2) is 4.56. The van der Waals surface area contributed by atoms with Gasteiger partial charge in [-0.05, 0) is 55.4 Å². The fourth-order valence-electron chi connectivity index (χ4n) is 3.81. The van der Waals surface area contributed by atoms with Crippen LogP contribution in [0.5, 0.6) is 0 Å². The van der Waals surface area contributed by atoms with Crippen LogP contribution in [0.25, 0.3) is 0 Å². The molecule has 0 aliphatic heterocycles. The molecule has 0 saturated heterocycles. The van der Waals surface area contributed by atoms with Gasteiger partial charge in [-0.15, -0.1) is 0 Å². The fraction of sp³-hybridized carbons (Fsp3) is 0.800. The minimum Gasteiger partial charge on any atom is -0.396 e. The smallest absolute Gasteiger partial charge is 0.156 e. The fourth-order valence-corrected chi connectivity index (χ4v) is 3.81. The lowest BCUT2D eigenvalue weighted by Gasteiger charge is -2.48. The van der Waals surface area contributed by atoms with E-state index in [2.05, 4.69) is 20.8 Å². The summed E-state index contributed by atoms with van der Waals surface area (Å²) in [5, 5.41) is 9.29. The summed E-state index contributed by atoms with van der Waals surface area (Å²) in [7, 11) is 0. The van der Waals surface area contributed by atoms with Gasteiger partial charge in [0.2, 0.25) is 0 Å². The van der Waals surface area contributed by atoms with Gasteiger partial charge in [-0.3, -0.25) is 4.79 Å². The van der Waals surface area contributed by atoms with Gasteiger partial charge in [-0.2, -0.15) is 0 Å². The van der Waals surface area contributed by atoms with E-state index in [0.717, 1.165) is 25.7 Å². The molecule has 96 valence electrons. The first-order chi connectivity index (χ1) is 7.96. The van der Waals surface area contributed by atoms with Crippen molar-refractivity contribution in [3.05, 3.63) is 11.6 Å². The molecule has 4 atom stereocenters. The van der Waals surface area contributed by atoms with Crippen LogP contribution in [-0.2, 0) is 4.79 Å². The molecule has 2 aliphatic rings. The monoisotopic (exact) mass is 236 g/mol. The third-order valence-corrected chi connectivity index (χ3v) is 5.08. The van der Waals surface area contributed by atoms with Crippen LogP contribution >= 0.6 is 0 Å². The van der Waals surface area contributed by atoms with Crippen molar-refractivity contribution < 1.29 is 9.90 Å². The molecule has 1 N–H and O–H groups in total. The number of hydrogen-bond donors (Lipinski definition) is 1. The first-order valence-electron chi connectivity index (χ1n) is 6.78. The summed E-state index contributed by atoms with van der Waals surface area (Å²) >= 11 is 0. The van der Waals surface area contributed by atoms with E-state index in [1.54, 1.807) is 0 Å². The van der Waals surface area contributed by atoms with Gasteiger partial charge in [-0.1, -0.05) is 19.4 Å². The predicted octanol–water partition coefficient (Wildman–Crippen LogP) is 2.96. The summed E-state index contributed by atoms with van der Waals surface area (Å²) in [5.74, 6) is 1.86. The largest absolute Gasteiger partial charge is 0.396 e. The molecule has 2 nitrogen and oxygen atoms in total. The Balaban J connectivity index is 2.18. The van der Waals surface area contributed by atoms with Crippen molar-refractivity contribution in [2.45, 2.75) is 46.5 Å². The van der Waals surface area contributed by atoms with E-state index in [1.807, 2.05) is 6.08 Å². The number of fused-ring (bicyclic) bond motifs is 1. The maximum absolute atomic E-state index is 11.7. The van der Waals surface area contributed by atoms with Crippen LogP contribution in [0.1, 0.15) is 46.5 Å². The van der Waals surface area contributed by atoms with Gasteiger partial charge in [0, 0.05) is 13.0 Å². The first-order valence-corrected chi connectivity index (χ1v) is 6.78. The summed E-state index contributed by atoms with van der Waals surface area (Å²) in [5.41, 5.74) is 1.44. The highest BCUT2D eigenvalue weighted by atomic mass is 16.3. The molecule has 0 aromatic heterocycles. The van der Waals surface area contributed by atoms with Crippen molar-refractivity contribution in [3.8, 4) is 0 Å². The van der Waals surface area contributed by atoms with Gasteiger partial charge in [0.15, 0.2) is 5.78 Å². The van der Waals surface area contributed by atoms with Crippen LogP contribution in [0, 0.1) is 23.2 Å². The zero-order chi connectivity index (χ0) is 12.6. The van der Waals surface area contributed by atoms with Gasteiger partial charge in [0.05, 0.1) is 0 Å². The molecule has 0 aromatic carbocycles. The minimum atomic E-state index is 0.182. The number of aliphatic hydroxyl groups excluding tert-OH is 1. The van der Waals surface area contributed by atoms with Crippen molar-refractivity contribution in [2.24, 2.45) is 23.2 Å². The lowest BCUT2D eigenvalue weighted by Crippen LogP contribution is -2.41. The van der Waals surface area contributed by atoms with Crippen LogP contribution in [0.4, 0.5) is 0 Å². The topological polar surface area (TPSA) is 37.3 Å². The van der Waals surface area contributed by atoms with Gasteiger partial charge < -0.3 is 5.11 Å². The Kier molecular flexibility index (Phi) is 3.44. The summed E-state index contributed by atoms with van der Waals surface area (Å²) in [6.45, 7) is 6.80. The van der Waals surface area contributed by atoms with E-state index in [-0.39, 0.29) is 12.0 Å². The number of carbonyl (C=O) groups is 1. The van der Waals surface area contributed by atoms with Gasteiger partial charge >= 0.3 is 0 Å². The molecule has 0 radical (unpaired) electrons. The highest BCUT2D eigenvalue weighted by Gasteiger charge is 2.44. The molecule has 1 saturated carbocycles. The second-order valence-electron chi connectivity index (χ2n) is 6.43. The van der Waals surface area contributed by atoms with Crippen molar-refractivity contribution in [2.75, 3.05) is 6.61 Å². The van der Waals surface area contributed by atoms with E-state index in [0.29, 0.717) is 23.5 Å². The number of hydrogen-bond acceptors (Lipinski definition) is 2. The van der Waals surface area contributed by atoms with E-state index in [4.69, 9.17) is 0 Å². The summed E-state index contributed by atoms with van der Waals surface area (Å²) < 4.78 is 0. The Morgan fingerprint density at radius 3 is 2.94 bits per heavy atom. The Morgan fingerprint density at radius 1 is 1.59 bits per heavy atom. The van der Waals surface area contributed by atoms with E-state index in [9.17, 15) is 9.90 Å². The highest BCUT2D eigenvalue weighted by molar-refractivity contribution is 5.92. The zero-order valence-electron chi connectivity index (χ0n) is 11.2.